The summed E-state index contributed by atoms with van der Waals surface area (Å²) in [6.45, 7) is 4.03. The molecule has 0 aliphatic heterocycles. The topological polar surface area (TPSA) is 88.5 Å². The van der Waals surface area contributed by atoms with E-state index in [1.165, 1.54) is 0 Å². The maximum atomic E-state index is 13.6. The van der Waals surface area contributed by atoms with Gasteiger partial charge in [-0.05, 0) is 60.4 Å². The highest BCUT2D eigenvalue weighted by Crippen LogP contribution is 2.44. The lowest BCUT2D eigenvalue weighted by Gasteiger charge is -2.37. The highest BCUT2D eigenvalue weighted by Gasteiger charge is 2.41. The van der Waals surface area contributed by atoms with E-state index in [2.05, 4.69) is 105 Å². The van der Waals surface area contributed by atoms with Crippen molar-refractivity contribution in [1.82, 2.24) is 30.0 Å². The Morgan fingerprint density at radius 1 is 0.755 bits per heavy atom. The van der Waals surface area contributed by atoms with Gasteiger partial charge >= 0.3 is 0 Å². The molecule has 0 aliphatic carbocycles. The Balaban J connectivity index is 1.37. The van der Waals surface area contributed by atoms with Gasteiger partial charge in [0.1, 0.15) is 11.2 Å². The second kappa shape index (κ2) is 12.4. The van der Waals surface area contributed by atoms with Crippen molar-refractivity contribution < 1.29 is 4.79 Å². The van der Waals surface area contributed by atoms with Crippen LogP contribution in [0, 0.1) is 6.92 Å². The molecule has 0 radical (unpaired) electrons. The Labute approximate surface area is 284 Å². The zero-order valence-electron chi connectivity index (χ0n) is 27.2. The highest BCUT2D eigenvalue weighted by atomic mass is 16.2. The van der Waals surface area contributed by atoms with Crippen LogP contribution in [-0.2, 0) is 5.54 Å². The van der Waals surface area contributed by atoms with Gasteiger partial charge in [-0.3, -0.25) is 9.78 Å². The molecule has 8 aromatic rings. The predicted molar refractivity (Wildman–Crippen MR) is 194 cm³/mol. The van der Waals surface area contributed by atoms with Gasteiger partial charge in [-0.15, -0.1) is 0 Å². The van der Waals surface area contributed by atoms with Crippen molar-refractivity contribution in [3.05, 3.63) is 186 Å². The summed E-state index contributed by atoms with van der Waals surface area (Å²) in [5, 5.41) is 9.50. The van der Waals surface area contributed by atoms with Gasteiger partial charge in [-0.1, -0.05) is 121 Å². The van der Waals surface area contributed by atoms with Crippen molar-refractivity contribution in [2.75, 3.05) is 0 Å². The molecule has 1 amide bonds. The van der Waals surface area contributed by atoms with Crippen molar-refractivity contribution in [2.24, 2.45) is 0 Å². The number of aromatic nitrogens is 5. The minimum Gasteiger partial charge on any atom is -0.343 e. The molecule has 0 saturated heterocycles. The van der Waals surface area contributed by atoms with E-state index in [1.54, 1.807) is 12.4 Å². The first kappa shape index (κ1) is 30.0. The number of nitrogens with zero attached hydrogens (tertiary/aromatic N) is 4. The number of H-pyrrole nitrogens is 1. The van der Waals surface area contributed by atoms with Gasteiger partial charge in [0, 0.05) is 23.3 Å². The molecule has 3 aromatic heterocycles. The second-order valence-corrected chi connectivity index (χ2v) is 12.4. The first-order chi connectivity index (χ1) is 24.0. The lowest BCUT2D eigenvalue weighted by Crippen LogP contribution is -2.38. The average Bonchev–Trinajstić information content (AvgIpc) is 3.74. The summed E-state index contributed by atoms with van der Waals surface area (Å²) in [5.41, 5.74) is 8.57. The summed E-state index contributed by atoms with van der Waals surface area (Å²) >= 11 is 0. The van der Waals surface area contributed by atoms with Crippen LogP contribution in [0.2, 0.25) is 0 Å². The number of hydrogen-bond donors (Lipinski definition) is 2. The molecule has 49 heavy (non-hydrogen) atoms. The van der Waals surface area contributed by atoms with Gasteiger partial charge in [-0.25, -0.2) is 9.67 Å². The third-order valence-electron chi connectivity index (χ3n) is 9.23. The number of aryl methyl sites for hydroxylation is 1. The zero-order valence-corrected chi connectivity index (χ0v) is 27.2. The van der Waals surface area contributed by atoms with Gasteiger partial charge in [0.25, 0.3) is 5.91 Å². The molecule has 238 valence electrons. The lowest BCUT2D eigenvalue weighted by atomic mass is 9.77. The Hall–Kier alpha value is -6.34. The number of nitrogens with one attached hydrogen (secondary N) is 2. The first-order valence-corrected chi connectivity index (χ1v) is 16.4. The smallest absolute Gasteiger partial charge is 0.287 e. The quantitative estimate of drug-likeness (QED) is 0.163. The van der Waals surface area contributed by atoms with Crippen LogP contribution in [0.4, 0.5) is 0 Å². The summed E-state index contributed by atoms with van der Waals surface area (Å²) in [5.74, 6) is -0.00924. The van der Waals surface area contributed by atoms with Crippen molar-refractivity contribution in [3.8, 4) is 11.3 Å². The molecule has 7 nitrogen and oxygen atoms in total. The van der Waals surface area contributed by atoms with E-state index in [4.69, 9.17) is 10.1 Å². The van der Waals surface area contributed by atoms with Crippen LogP contribution in [0.3, 0.4) is 0 Å². The molecule has 0 spiro atoms. The van der Waals surface area contributed by atoms with Crippen molar-refractivity contribution in [3.63, 3.8) is 0 Å². The van der Waals surface area contributed by atoms with Gasteiger partial charge in [-0.2, -0.15) is 5.10 Å². The Morgan fingerprint density at radius 3 is 1.96 bits per heavy atom. The Morgan fingerprint density at radius 2 is 1.37 bits per heavy atom. The van der Waals surface area contributed by atoms with Gasteiger partial charge in [0.05, 0.1) is 22.6 Å². The maximum Gasteiger partial charge on any atom is 0.287 e. The summed E-state index contributed by atoms with van der Waals surface area (Å²) in [4.78, 5) is 25.9. The number of imidazole rings is 1. The van der Waals surface area contributed by atoms with Crippen LogP contribution < -0.4 is 5.32 Å². The fourth-order valence-corrected chi connectivity index (χ4v) is 6.90. The molecule has 0 fully saturated rings. The molecule has 0 aliphatic rings. The van der Waals surface area contributed by atoms with E-state index in [9.17, 15) is 4.79 Å². The number of aromatic amines is 1. The molecule has 0 saturated carbocycles. The lowest BCUT2D eigenvalue weighted by molar-refractivity contribution is 0.0930. The van der Waals surface area contributed by atoms with Crippen molar-refractivity contribution in [2.45, 2.75) is 25.4 Å². The number of benzene rings is 5. The first-order valence-electron chi connectivity index (χ1n) is 16.4. The highest BCUT2D eigenvalue weighted by molar-refractivity contribution is 6.03. The summed E-state index contributed by atoms with van der Waals surface area (Å²) in [6, 6.07) is 47.5. The molecule has 0 unspecified atom stereocenters. The zero-order chi connectivity index (χ0) is 33.4. The van der Waals surface area contributed by atoms with Crippen molar-refractivity contribution >= 4 is 27.8 Å². The molecule has 8 rings (SSSR count). The Kier molecular flexibility index (Phi) is 7.57. The van der Waals surface area contributed by atoms with Gasteiger partial charge < -0.3 is 10.3 Å². The third kappa shape index (κ3) is 5.26. The largest absolute Gasteiger partial charge is 0.343 e. The minimum atomic E-state index is -0.843. The minimum absolute atomic E-state index is 0.185. The number of rotatable bonds is 8. The maximum absolute atomic E-state index is 13.6. The molecule has 2 N–H and O–H groups in total. The van der Waals surface area contributed by atoms with Crippen LogP contribution in [0.25, 0.3) is 33.2 Å². The fraction of sp³-hybridized carbons (Fsp3) is 0.0952. The Bertz CT molecular complexity index is 2300. The van der Waals surface area contributed by atoms with E-state index in [-0.39, 0.29) is 17.8 Å². The molecule has 0 bridgehead atoms. The summed E-state index contributed by atoms with van der Waals surface area (Å²) < 4.78 is 2.14. The third-order valence-corrected chi connectivity index (χ3v) is 9.23. The SMILES string of the molecule is Cc1cccc([C@@H](C)NC(=O)c2nc3cc4c(-c5ccncc5)nn(C(c5ccccc5)(c5ccccc5)c5ccccc5)c4cc3[nH]2)c1. The molecular formula is C42H34N6O. The molecule has 5 aromatic carbocycles. The van der Waals surface area contributed by atoms with E-state index < -0.39 is 5.54 Å². The number of hydrogen-bond acceptors (Lipinski definition) is 4. The summed E-state index contributed by atoms with van der Waals surface area (Å²) in [7, 11) is 0. The number of carbonyl (C=O) groups is 1. The van der Waals surface area contributed by atoms with Crippen LogP contribution in [0.15, 0.2) is 152 Å². The summed E-state index contributed by atoms with van der Waals surface area (Å²) in [6.07, 6.45) is 3.56. The van der Waals surface area contributed by atoms with Crippen LogP contribution in [-0.4, -0.2) is 30.6 Å². The van der Waals surface area contributed by atoms with Crippen LogP contribution in [0.5, 0.6) is 0 Å². The fourth-order valence-electron chi connectivity index (χ4n) is 6.90. The van der Waals surface area contributed by atoms with Crippen LogP contribution in [0.1, 0.15) is 51.4 Å². The van der Waals surface area contributed by atoms with E-state index in [0.29, 0.717) is 5.52 Å². The molecule has 3 heterocycles. The number of pyridine rings is 1. The number of fused-ring (bicyclic) bond motifs is 2. The average molecular weight is 639 g/mol. The molecule has 1 atom stereocenters. The monoisotopic (exact) mass is 638 g/mol. The van der Waals surface area contributed by atoms with E-state index in [1.807, 2.05) is 68.4 Å². The van der Waals surface area contributed by atoms with E-state index in [0.717, 1.165) is 55.5 Å². The standard InChI is InChI=1S/C42H34N6O/c1-28-13-12-14-31(25-28)29(2)44-41(49)40-45-36-26-35-38(27-37(36)46-40)48(47-39(35)30-21-23-43-24-22-30)42(32-15-6-3-7-16-32,33-17-8-4-9-18-33)34-19-10-5-11-20-34/h3-27,29H,1-2H3,(H,44,49)(H,45,46)/t29-/m1/s1. The number of amides is 1. The van der Waals surface area contributed by atoms with Gasteiger partial charge in [0.2, 0.25) is 0 Å². The van der Waals surface area contributed by atoms with E-state index >= 15 is 0 Å². The van der Waals surface area contributed by atoms with Crippen LogP contribution >= 0.6 is 0 Å². The predicted octanol–water partition coefficient (Wildman–Crippen LogP) is 8.61. The number of carbonyl (C=O) groups excluding carboxylic acids is 1. The normalized spacial score (nSPS) is 12.3. The molecular weight excluding hydrogens is 605 g/mol. The molecule has 7 heteroatoms. The van der Waals surface area contributed by atoms with Crippen molar-refractivity contribution in [1.29, 1.82) is 0 Å². The van der Waals surface area contributed by atoms with Gasteiger partial charge in [0.15, 0.2) is 5.82 Å². The second-order valence-electron chi connectivity index (χ2n) is 12.4.